The summed E-state index contributed by atoms with van der Waals surface area (Å²) in [6.45, 7) is 4.34. The van der Waals surface area contributed by atoms with Crippen LogP contribution in [0, 0.1) is 11.8 Å². The van der Waals surface area contributed by atoms with Crippen molar-refractivity contribution in [2.75, 3.05) is 33.5 Å². The zero-order valence-electron chi connectivity index (χ0n) is 12.1. The first-order valence-electron chi connectivity index (χ1n) is 6.74. The van der Waals surface area contributed by atoms with Crippen molar-refractivity contribution in [3.63, 3.8) is 0 Å². The molecule has 1 rings (SSSR count). The van der Waals surface area contributed by atoms with Gasteiger partial charge in [-0.05, 0) is 25.1 Å². The standard InChI is InChI=1S/C16H22O4/c1-3-19-10-11-20-13-15-12-14(6-4-5-9-17)7-8-16(15)18-2/h7-8,12,17H,3,5,9-11,13H2,1-2H3. The molecule has 0 aliphatic heterocycles. The lowest BCUT2D eigenvalue weighted by Crippen LogP contribution is -2.05. The van der Waals surface area contributed by atoms with Crippen LogP contribution < -0.4 is 4.74 Å². The molecular weight excluding hydrogens is 256 g/mol. The maximum absolute atomic E-state index is 8.71. The number of hydrogen-bond donors (Lipinski definition) is 1. The zero-order valence-corrected chi connectivity index (χ0v) is 12.1. The average molecular weight is 278 g/mol. The van der Waals surface area contributed by atoms with E-state index in [2.05, 4.69) is 11.8 Å². The summed E-state index contributed by atoms with van der Waals surface area (Å²) in [6, 6.07) is 5.72. The van der Waals surface area contributed by atoms with Crippen LogP contribution in [0.25, 0.3) is 0 Å². The number of ether oxygens (including phenoxy) is 3. The number of rotatable bonds is 8. The molecule has 0 spiro atoms. The molecule has 20 heavy (non-hydrogen) atoms. The number of aliphatic hydroxyl groups is 1. The van der Waals surface area contributed by atoms with Gasteiger partial charge in [-0.15, -0.1) is 0 Å². The first kappa shape index (κ1) is 16.5. The van der Waals surface area contributed by atoms with Gasteiger partial charge >= 0.3 is 0 Å². The minimum absolute atomic E-state index is 0.0799. The highest BCUT2D eigenvalue weighted by Gasteiger charge is 2.04. The van der Waals surface area contributed by atoms with E-state index in [0.717, 1.165) is 16.9 Å². The Morgan fingerprint density at radius 1 is 1.20 bits per heavy atom. The van der Waals surface area contributed by atoms with E-state index in [4.69, 9.17) is 19.3 Å². The third-order valence-corrected chi connectivity index (χ3v) is 2.58. The van der Waals surface area contributed by atoms with Crippen molar-refractivity contribution >= 4 is 0 Å². The third kappa shape index (κ3) is 6.07. The number of hydrogen-bond acceptors (Lipinski definition) is 4. The van der Waals surface area contributed by atoms with Gasteiger partial charge in [0.25, 0.3) is 0 Å². The molecule has 0 aliphatic rings. The molecule has 0 fully saturated rings. The van der Waals surface area contributed by atoms with Gasteiger partial charge in [0.2, 0.25) is 0 Å². The maximum atomic E-state index is 8.71. The largest absolute Gasteiger partial charge is 0.496 e. The maximum Gasteiger partial charge on any atom is 0.124 e. The van der Waals surface area contributed by atoms with Crippen molar-refractivity contribution in [3.05, 3.63) is 29.3 Å². The van der Waals surface area contributed by atoms with E-state index in [-0.39, 0.29) is 6.61 Å². The van der Waals surface area contributed by atoms with Crippen molar-refractivity contribution in [1.29, 1.82) is 0 Å². The van der Waals surface area contributed by atoms with Crippen molar-refractivity contribution in [3.8, 4) is 17.6 Å². The summed E-state index contributed by atoms with van der Waals surface area (Å²) in [5, 5.41) is 8.71. The Kier molecular flexibility index (Phi) is 8.48. The van der Waals surface area contributed by atoms with Gasteiger partial charge in [-0.25, -0.2) is 0 Å². The highest BCUT2D eigenvalue weighted by Crippen LogP contribution is 2.20. The van der Waals surface area contributed by atoms with Gasteiger partial charge in [0.05, 0.1) is 33.5 Å². The van der Waals surface area contributed by atoms with Crippen molar-refractivity contribution < 1.29 is 19.3 Å². The van der Waals surface area contributed by atoms with E-state index in [9.17, 15) is 0 Å². The molecule has 0 aromatic heterocycles. The summed E-state index contributed by atoms with van der Waals surface area (Å²) in [6.07, 6.45) is 0.478. The molecule has 1 aromatic rings. The SMILES string of the molecule is CCOCCOCc1cc(C#CCCO)ccc1OC. The number of aliphatic hydroxyl groups excluding tert-OH is 1. The molecule has 0 atom stereocenters. The first-order valence-corrected chi connectivity index (χ1v) is 6.74. The van der Waals surface area contributed by atoms with E-state index in [1.807, 2.05) is 25.1 Å². The van der Waals surface area contributed by atoms with Crippen LogP contribution in [0.15, 0.2) is 18.2 Å². The Morgan fingerprint density at radius 2 is 2.00 bits per heavy atom. The van der Waals surface area contributed by atoms with Crippen molar-refractivity contribution in [1.82, 2.24) is 0 Å². The number of benzene rings is 1. The fraction of sp³-hybridized carbons (Fsp3) is 0.500. The fourth-order valence-electron chi connectivity index (χ4n) is 1.63. The van der Waals surface area contributed by atoms with E-state index >= 15 is 0 Å². The Bertz CT molecular complexity index is 446. The van der Waals surface area contributed by atoms with Gasteiger partial charge in [-0.2, -0.15) is 0 Å². The van der Waals surface area contributed by atoms with Crippen LogP contribution in [0.4, 0.5) is 0 Å². The van der Waals surface area contributed by atoms with Gasteiger partial charge in [0, 0.05) is 24.2 Å². The minimum atomic E-state index is 0.0799. The normalized spacial score (nSPS) is 9.95. The lowest BCUT2D eigenvalue weighted by molar-refractivity contribution is 0.0446. The van der Waals surface area contributed by atoms with E-state index in [1.54, 1.807) is 7.11 Å². The van der Waals surface area contributed by atoms with Crippen LogP contribution in [0.2, 0.25) is 0 Å². The van der Waals surface area contributed by atoms with Crippen LogP contribution in [-0.4, -0.2) is 38.6 Å². The molecule has 0 saturated heterocycles. The van der Waals surface area contributed by atoms with Crippen LogP contribution >= 0.6 is 0 Å². The monoisotopic (exact) mass is 278 g/mol. The second kappa shape index (κ2) is 10.3. The third-order valence-electron chi connectivity index (χ3n) is 2.58. The molecule has 0 radical (unpaired) electrons. The summed E-state index contributed by atoms with van der Waals surface area (Å²) in [7, 11) is 1.64. The van der Waals surface area contributed by atoms with Gasteiger partial charge < -0.3 is 19.3 Å². The van der Waals surface area contributed by atoms with E-state index in [1.165, 1.54) is 0 Å². The lowest BCUT2D eigenvalue weighted by atomic mass is 10.1. The minimum Gasteiger partial charge on any atom is -0.496 e. The smallest absolute Gasteiger partial charge is 0.124 e. The lowest BCUT2D eigenvalue weighted by Gasteiger charge is -2.10. The molecule has 4 nitrogen and oxygen atoms in total. The predicted octanol–water partition coefficient (Wildman–Crippen LogP) is 1.98. The molecule has 4 heteroatoms. The predicted molar refractivity (Wildman–Crippen MR) is 77.7 cm³/mol. The summed E-state index contributed by atoms with van der Waals surface area (Å²) >= 11 is 0. The van der Waals surface area contributed by atoms with Crippen LogP contribution in [0.5, 0.6) is 5.75 Å². The summed E-state index contributed by atoms with van der Waals surface area (Å²) < 4.78 is 16.1. The molecule has 0 unspecified atom stereocenters. The van der Waals surface area contributed by atoms with E-state index < -0.39 is 0 Å². The van der Waals surface area contributed by atoms with Crippen molar-refractivity contribution in [2.24, 2.45) is 0 Å². The zero-order chi connectivity index (χ0) is 14.6. The molecular formula is C16H22O4. The summed E-state index contributed by atoms with van der Waals surface area (Å²) in [5.74, 6) is 6.69. The molecule has 1 aromatic carbocycles. The molecule has 110 valence electrons. The Hall–Kier alpha value is -1.54. The second-order valence-electron chi connectivity index (χ2n) is 4.05. The quantitative estimate of drug-likeness (QED) is 0.583. The van der Waals surface area contributed by atoms with Crippen molar-refractivity contribution in [2.45, 2.75) is 20.0 Å². The highest BCUT2D eigenvalue weighted by atomic mass is 16.5. The number of methoxy groups -OCH3 is 1. The van der Waals surface area contributed by atoms with Gasteiger partial charge in [-0.1, -0.05) is 11.8 Å². The molecule has 0 bridgehead atoms. The van der Waals surface area contributed by atoms with Gasteiger partial charge in [0.15, 0.2) is 0 Å². The Balaban J connectivity index is 2.62. The van der Waals surface area contributed by atoms with E-state index in [0.29, 0.717) is 32.8 Å². The topological polar surface area (TPSA) is 47.9 Å². The van der Waals surface area contributed by atoms with Gasteiger partial charge in [0.1, 0.15) is 5.75 Å². The Morgan fingerprint density at radius 3 is 2.70 bits per heavy atom. The van der Waals surface area contributed by atoms with Crippen LogP contribution in [-0.2, 0) is 16.1 Å². The summed E-state index contributed by atoms with van der Waals surface area (Å²) in [4.78, 5) is 0. The summed E-state index contributed by atoms with van der Waals surface area (Å²) in [5.41, 5.74) is 1.85. The molecule has 0 aliphatic carbocycles. The average Bonchev–Trinajstić information content (AvgIpc) is 2.47. The molecule has 1 N–H and O–H groups in total. The van der Waals surface area contributed by atoms with Crippen LogP contribution in [0.1, 0.15) is 24.5 Å². The van der Waals surface area contributed by atoms with Crippen LogP contribution in [0.3, 0.4) is 0 Å². The fourth-order valence-corrected chi connectivity index (χ4v) is 1.63. The highest BCUT2D eigenvalue weighted by molar-refractivity contribution is 5.43. The molecule has 0 saturated carbocycles. The first-order chi connectivity index (χ1) is 9.81. The second-order valence-corrected chi connectivity index (χ2v) is 4.05. The molecule has 0 amide bonds. The molecule has 0 heterocycles. The Labute approximate surface area is 120 Å². The van der Waals surface area contributed by atoms with Gasteiger partial charge in [-0.3, -0.25) is 0 Å².